The second-order valence-electron chi connectivity index (χ2n) is 5.37. The fourth-order valence-electron chi connectivity index (χ4n) is 2.54. The number of ether oxygens (including phenoxy) is 1. The number of methoxy groups -OCH3 is 1. The zero-order valence-electron chi connectivity index (χ0n) is 12.1. The Morgan fingerprint density at radius 3 is 2.47 bits per heavy atom. The molecule has 106 valence electrons. The third-order valence-corrected chi connectivity index (χ3v) is 3.83. The van der Waals surface area contributed by atoms with Gasteiger partial charge in [-0.1, -0.05) is 12.1 Å². The van der Waals surface area contributed by atoms with Crippen LogP contribution in [0.3, 0.4) is 0 Å². The van der Waals surface area contributed by atoms with Gasteiger partial charge in [0.25, 0.3) is 0 Å². The van der Waals surface area contributed by atoms with Crippen molar-refractivity contribution < 1.29 is 9.84 Å². The van der Waals surface area contributed by atoms with Gasteiger partial charge in [0.15, 0.2) is 11.5 Å². The first-order valence-corrected chi connectivity index (χ1v) is 6.93. The molecule has 0 spiro atoms. The van der Waals surface area contributed by atoms with Crippen LogP contribution in [0.5, 0.6) is 11.5 Å². The molecule has 0 unspecified atom stereocenters. The van der Waals surface area contributed by atoms with Crippen molar-refractivity contribution in [2.45, 2.75) is 26.4 Å². The summed E-state index contributed by atoms with van der Waals surface area (Å²) < 4.78 is 5.15. The molecule has 4 nitrogen and oxygen atoms in total. The van der Waals surface area contributed by atoms with Gasteiger partial charge in [0, 0.05) is 44.3 Å². The molecule has 0 aliphatic carbocycles. The van der Waals surface area contributed by atoms with Crippen LogP contribution in [0.25, 0.3) is 0 Å². The number of para-hydroxylation sites is 1. The Bertz CT molecular complexity index is 413. The maximum atomic E-state index is 10.1. The first kappa shape index (κ1) is 14.2. The van der Waals surface area contributed by atoms with Crippen molar-refractivity contribution in [3.8, 4) is 11.5 Å². The van der Waals surface area contributed by atoms with E-state index in [2.05, 4.69) is 23.6 Å². The molecule has 1 N–H and O–H groups in total. The molecule has 1 aromatic carbocycles. The van der Waals surface area contributed by atoms with Crippen molar-refractivity contribution in [2.75, 3.05) is 33.3 Å². The number of hydrogen-bond donors (Lipinski definition) is 1. The van der Waals surface area contributed by atoms with Crippen molar-refractivity contribution in [1.82, 2.24) is 9.80 Å². The lowest BCUT2D eigenvalue weighted by molar-refractivity contribution is 0.103. The third kappa shape index (κ3) is 3.39. The second-order valence-corrected chi connectivity index (χ2v) is 5.37. The summed E-state index contributed by atoms with van der Waals surface area (Å²) in [5.41, 5.74) is 0.942. The van der Waals surface area contributed by atoms with Crippen LogP contribution < -0.4 is 4.74 Å². The van der Waals surface area contributed by atoms with Gasteiger partial charge in [0.1, 0.15) is 0 Å². The normalized spacial score (nSPS) is 17.9. The van der Waals surface area contributed by atoms with E-state index in [1.54, 1.807) is 13.2 Å². The first-order chi connectivity index (χ1) is 9.11. The Balaban J connectivity index is 1.96. The summed E-state index contributed by atoms with van der Waals surface area (Å²) in [6.07, 6.45) is 0. The van der Waals surface area contributed by atoms with Crippen LogP contribution >= 0.6 is 0 Å². The van der Waals surface area contributed by atoms with Gasteiger partial charge in [-0.15, -0.1) is 0 Å². The molecule has 1 aromatic rings. The monoisotopic (exact) mass is 264 g/mol. The van der Waals surface area contributed by atoms with Gasteiger partial charge in [-0.2, -0.15) is 0 Å². The van der Waals surface area contributed by atoms with E-state index in [9.17, 15) is 5.11 Å². The minimum atomic E-state index is 0.274. The van der Waals surface area contributed by atoms with Crippen LogP contribution in [0.2, 0.25) is 0 Å². The smallest absolute Gasteiger partial charge is 0.162 e. The van der Waals surface area contributed by atoms with Crippen LogP contribution in [-0.4, -0.2) is 54.2 Å². The minimum absolute atomic E-state index is 0.274. The number of hydrogen-bond acceptors (Lipinski definition) is 4. The molecule has 0 bridgehead atoms. The topological polar surface area (TPSA) is 35.9 Å². The maximum absolute atomic E-state index is 10.1. The largest absolute Gasteiger partial charge is 0.504 e. The predicted molar refractivity (Wildman–Crippen MR) is 76.6 cm³/mol. The zero-order valence-corrected chi connectivity index (χ0v) is 12.1. The summed E-state index contributed by atoms with van der Waals surface area (Å²) in [7, 11) is 1.58. The van der Waals surface area contributed by atoms with Crippen LogP contribution in [-0.2, 0) is 6.54 Å². The molecular formula is C15H24N2O2. The van der Waals surface area contributed by atoms with Crippen LogP contribution in [0.4, 0.5) is 0 Å². The van der Waals surface area contributed by atoms with E-state index in [-0.39, 0.29) is 5.75 Å². The summed E-state index contributed by atoms with van der Waals surface area (Å²) in [6, 6.07) is 6.30. The first-order valence-electron chi connectivity index (χ1n) is 6.93. The van der Waals surface area contributed by atoms with Crippen molar-refractivity contribution in [1.29, 1.82) is 0 Å². The molecule has 2 rings (SSSR count). The third-order valence-electron chi connectivity index (χ3n) is 3.83. The summed E-state index contributed by atoms with van der Waals surface area (Å²) in [6.45, 7) is 9.57. The number of rotatable bonds is 4. The number of nitrogens with zero attached hydrogens (tertiary/aromatic N) is 2. The quantitative estimate of drug-likeness (QED) is 0.901. The second kappa shape index (κ2) is 6.26. The molecular weight excluding hydrogens is 240 g/mol. The van der Waals surface area contributed by atoms with Crippen molar-refractivity contribution in [3.63, 3.8) is 0 Å². The number of phenolic OH excluding ortho intramolecular Hbond substituents is 1. The molecule has 0 aromatic heterocycles. The fourth-order valence-corrected chi connectivity index (χ4v) is 2.54. The molecule has 0 saturated carbocycles. The summed E-state index contributed by atoms with van der Waals surface area (Å²) in [5.74, 6) is 0.828. The van der Waals surface area contributed by atoms with Gasteiger partial charge < -0.3 is 9.84 Å². The highest BCUT2D eigenvalue weighted by atomic mass is 16.5. The Morgan fingerprint density at radius 2 is 1.89 bits per heavy atom. The fraction of sp³-hybridized carbons (Fsp3) is 0.600. The Morgan fingerprint density at radius 1 is 1.21 bits per heavy atom. The molecule has 1 heterocycles. The highest BCUT2D eigenvalue weighted by Crippen LogP contribution is 2.30. The predicted octanol–water partition coefficient (Wildman–Crippen LogP) is 1.93. The SMILES string of the molecule is COc1cccc(CN2CCN(C(C)C)CC2)c1O. The summed E-state index contributed by atoms with van der Waals surface area (Å²) in [5, 5.41) is 10.1. The van der Waals surface area contributed by atoms with E-state index in [4.69, 9.17) is 4.74 Å². The van der Waals surface area contributed by atoms with Gasteiger partial charge >= 0.3 is 0 Å². The van der Waals surface area contributed by atoms with E-state index >= 15 is 0 Å². The van der Waals surface area contributed by atoms with Gasteiger partial charge in [0.2, 0.25) is 0 Å². The highest BCUT2D eigenvalue weighted by molar-refractivity contribution is 5.45. The molecule has 1 fully saturated rings. The average molecular weight is 264 g/mol. The van der Waals surface area contributed by atoms with E-state index in [1.807, 2.05) is 12.1 Å². The number of piperazine rings is 1. The minimum Gasteiger partial charge on any atom is -0.504 e. The molecule has 0 radical (unpaired) electrons. The van der Waals surface area contributed by atoms with E-state index < -0.39 is 0 Å². The maximum Gasteiger partial charge on any atom is 0.162 e. The Hall–Kier alpha value is -1.26. The Labute approximate surface area is 115 Å². The lowest BCUT2D eigenvalue weighted by atomic mass is 10.1. The van der Waals surface area contributed by atoms with Gasteiger partial charge in [0.05, 0.1) is 7.11 Å². The van der Waals surface area contributed by atoms with E-state index in [1.165, 1.54) is 0 Å². The van der Waals surface area contributed by atoms with Crippen LogP contribution in [0, 0.1) is 0 Å². The number of benzene rings is 1. The average Bonchev–Trinajstić information content (AvgIpc) is 2.42. The van der Waals surface area contributed by atoms with Gasteiger partial charge in [-0.25, -0.2) is 0 Å². The van der Waals surface area contributed by atoms with Crippen molar-refractivity contribution >= 4 is 0 Å². The molecule has 1 aliphatic rings. The van der Waals surface area contributed by atoms with Crippen molar-refractivity contribution in [2.24, 2.45) is 0 Å². The van der Waals surface area contributed by atoms with E-state index in [0.717, 1.165) is 38.3 Å². The number of aromatic hydroxyl groups is 1. The van der Waals surface area contributed by atoms with Crippen LogP contribution in [0.1, 0.15) is 19.4 Å². The molecule has 1 aliphatic heterocycles. The Kier molecular flexibility index (Phi) is 4.66. The van der Waals surface area contributed by atoms with Gasteiger partial charge in [-0.3, -0.25) is 9.80 Å². The van der Waals surface area contributed by atoms with E-state index in [0.29, 0.717) is 11.8 Å². The van der Waals surface area contributed by atoms with Gasteiger partial charge in [-0.05, 0) is 19.9 Å². The lowest BCUT2D eigenvalue weighted by Gasteiger charge is -2.37. The van der Waals surface area contributed by atoms with Crippen molar-refractivity contribution in [3.05, 3.63) is 23.8 Å². The molecule has 4 heteroatoms. The molecule has 1 saturated heterocycles. The zero-order chi connectivity index (χ0) is 13.8. The molecule has 19 heavy (non-hydrogen) atoms. The lowest BCUT2D eigenvalue weighted by Crippen LogP contribution is -2.48. The molecule has 0 amide bonds. The van der Waals surface area contributed by atoms with Crippen LogP contribution in [0.15, 0.2) is 18.2 Å². The summed E-state index contributed by atoms with van der Waals surface area (Å²) >= 11 is 0. The standard InChI is InChI=1S/C15H24N2O2/c1-12(2)17-9-7-16(8-10-17)11-13-5-4-6-14(19-3)15(13)18/h4-6,12,18H,7-11H2,1-3H3. The highest BCUT2D eigenvalue weighted by Gasteiger charge is 2.20. The number of phenols is 1. The summed E-state index contributed by atoms with van der Waals surface area (Å²) in [4.78, 5) is 4.87. The molecule has 0 atom stereocenters.